The summed E-state index contributed by atoms with van der Waals surface area (Å²) in [4.78, 5) is 0. The van der Waals surface area contributed by atoms with Crippen molar-refractivity contribution in [2.24, 2.45) is 0 Å². The summed E-state index contributed by atoms with van der Waals surface area (Å²) in [5.41, 5.74) is 4.54. The molecule has 4 aromatic rings. The summed E-state index contributed by atoms with van der Waals surface area (Å²) in [7, 11) is 0. The molecule has 34 heavy (non-hydrogen) atoms. The molecule has 0 unspecified atom stereocenters. The van der Waals surface area contributed by atoms with Gasteiger partial charge in [0.25, 0.3) is 0 Å². The predicted molar refractivity (Wildman–Crippen MR) is 145 cm³/mol. The molecule has 0 heterocycles. The minimum absolute atomic E-state index is 0. The summed E-state index contributed by atoms with van der Waals surface area (Å²) >= 11 is 0. The summed E-state index contributed by atoms with van der Waals surface area (Å²) in [6.07, 6.45) is 10.0. The molecule has 0 aromatic heterocycles. The second-order valence-corrected chi connectivity index (χ2v) is 7.11. The van der Waals surface area contributed by atoms with Gasteiger partial charge in [-0.05, 0) is 6.92 Å². The summed E-state index contributed by atoms with van der Waals surface area (Å²) < 4.78 is 0. The molecule has 0 atom stereocenters. The van der Waals surface area contributed by atoms with E-state index in [1.54, 1.807) is 0 Å². The monoisotopic (exact) mass is 520 g/mol. The van der Waals surface area contributed by atoms with Crippen LogP contribution < -0.4 is 0 Å². The molecular weight excluding hydrogens is 488 g/mol. The smallest absolute Gasteiger partial charge is 0.273 e. The molecule has 0 saturated carbocycles. The van der Waals surface area contributed by atoms with Crippen LogP contribution in [0, 0.1) is 33.8 Å². The number of allylic oxidation sites excluding steroid dienone is 4. The van der Waals surface area contributed by atoms with Crippen molar-refractivity contribution in [3.8, 4) is 0 Å². The van der Waals surface area contributed by atoms with Gasteiger partial charge in [0.05, 0.1) is 0 Å². The van der Waals surface area contributed by atoms with Gasteiger partial charge >= 0.3 is 26.2 Å². The van der Waals surface area contributed by atoms with Crippen LogP contribution in [0.3, 0.4) is 0 Å². The molecule has 0 saturated heterocycles. The van der Waals surface area contributed by atoms with Gasteiger partial charge in [0.1, 0.15) is 0 Å². The van der Waals surface area contributed by atoms with E-state index in [9.17, 15) is 0 Å². The minimum Gasteiger partial charge on any atom is -0.273 e. The molecule has 0 bridgehead atoms. The molecule has 0 amide bonds. The van der Waals surface area contributed by atoms with Gasteiger partial charge in [0, 0.05) is 0 Å². The third-order valence-electron chi connectivity index (χ3n) is 4.05. The molecule has 0 aliphatic heterocycles. The van der Waals surface area contributed by atoms with E-state index in [1.807, 2.05) is 121 Å². The summed E-state index contributed by atoms with van der Waals surface area (Å²) in [6.45, 7) is 13.2. The second kappa shape index (κ2) is 21.7. The van der Waals surface area contributed by atoms with E-state index in [2.05, 4.69) is 52.0 Å². The fourth-order valence-corrected chi connectivity index (χ4v) is 2.31. The van der Waals surface area contributed by atoms with Crippen molar-refractivity contribution in [1.82, 2.24) is 0 Å². The van der Waals surface area contributed by atoms with E-state index in [-0.39, 0.29) is 26.2 Å². The maximum atomic E-state index is 3.72. The Morgan fingerprint density at radius 1 is 0.529 bits per heavy atom. The van der Waals surface area contributed by atoms with Crippen molar-refractivity contribution in [2.45, 2.75) is 13.3 Å². The molecule has 1 aliphatic carbocycles. The van der Waals surface area contributed by atoms with E-state index in [4.69, 9.17) is 0 Å². The van der Waals surface area contributed by atoms with E-state index in [0.717, 1.165) is 23.1 Å². The fraction of sp³-hybridized carbons (Fsp3) is 0.0606. The maximum absolute atomic E-state index is 3.72. The summed E-state index contributed by atoms with van der Waals surface area (Å²) in [6, 6.07) is 39.9. The first kappa shape index (κ1) is 30.9. The number of hydrogen-bond acceptors (Lipinski definition) is 0. The first-order chi connectivity index (χ1) is 16.1. The minimum atomic E-state index is 0. The van der Waals surface area contributed by atoms with Crippen LogP contribution in [0.5, 0.6) is 0 Å². The SMILES string of the molecule is Cc1ccccc1.[C-]1=CC=CC1.[CH2-]c1ccccc1.[CH2-]c1ccccc1.[CH2-]c1ccccc1.[Zr+4]. The van der Waals surface area contributed by atoms with Gasteiger partial charge in [-0.15, -0.1) is 42.8 Å². The fourth-order valence-electron chi connectivity index (χ4n) is 2.31. The normalized spacial score (nSPS) is 9.68. The number of rotatable bonds is 0. The Hall–Kier alpha value is -3.15. The summed E-state index contributed by atoms with van der Waals surface area (Å²) in [5.74, 6) is 0. The molecule has 0 radical (unpaired) electrons. The van der Waals surface area contributed by atoms with Crippen molar-refractivity contribution in [3.05, 3.63) is 189 Å². The van der Waals surface area contributed by atoms with Crippen molar-refractivity contribution < 1.29 is 26.2 Å². The van der Waals surface area contributed by atoms with E-state index in [0.29, 0.717) is 0 Å². The molecule has 0 fully saturated rings. The Bertz CT molecular complexity index is 829. The average molecular weight is 522 g/mol. The largest absolute Gasteiger partial charge is 4.00 e. The van der Waals surface area contributed by atoms with Gasteiger partial charge < -0.3 is 0 Å². The molecular formula is C33H34Zr. The molecule has 1 aliphatic rings. The maximum Gasteiger partial charge on any atom is 4.00 e. The molecule has 5 rings (SSSR count). The Kier molecular flexibility index (Phi) is 19.7. The Labute approximate surface area is 227 Å². The van der Waals surface area contributed by atoms with Gasteiger partial charge in [-0.3, -0.25) is 6.08 Å². The zero-order valence-corrected chi connectivity index (χ0v) is 22.6. The average Bonchev–Trinajstić information content (AvgIpc) is 3.43. The molecule has 0 nitrogen and oxygen atoms in total. The van der Waals surface area contributed by atoms with Gasteiger partial charge in [0.15, 0.2) is 0 Å². The van der Waals surface area contributed by atoms with E-state index >= 15 is 0 Å². The molecule has 4 aromatic carbocycles. The number of hydrogen-bond donors (Lipinski definition) is 0. The van der Waals surface area contributed by atoms with E-state index < -0.39 is 0 Å². The first-order valence-corrected chi connectivity index (χ1v) is 10.9. The molecule has 170 valence electrons. The standard InChI is InChI=1S/C7H8.3C7H7.C5H5.Zr/c4*1-7-5-3-2-4-6-7;1-2-4-5-3-1;/h2-6H,1H3;3*2-6H,1H2;1-3H,4H2;/q;4*-1;+4. The van der Waals surface area contributed by atoms with Crippen molar-refractivity contribution in [2.75, 3.05) is 0 Å². The Morgan fingerprint density at radius 2 is 0.853 bits per heavy atom. The van der Waals surface area contributed by atoms with Gasteiger partial charge in [0.2, 0.25) is 0 Å². The van der Waals surface area contributed by atoms with Crippen LogP contribution >= 0.6 is 0 Å². The third-order valence-corrected chi connectivity index (χ3v) is 4.05. The molecule has 0 spiro atoms. The van der Waals surface area contributed by atoms with Gasteiger partial charge in [-0.1, -0.05) is 54.1 Å². The number of aryl methyl sites for hydroxylation is 1. The van der Waals surface area contributed by atoms with Crippen molar-refractivity contribution >= 4 is 0 Å². The van der Waals surface area contributed by atoms with Crippen molar-refractivity contribution in [1.29, 1.82) is 0 Å². The van der Waals surface area contributed by atoms with Crippen LogP contribution in [0.1, 0.15) is 28.7 Å². The predicted octanol–water partition coefficient (Wildman–Crippen LogP) is 8.90. The Morgan fingerprint density at radius 3 is 0.971 bits per heavy atom. The van der Waals surface area contributed by atoms with Crippen LogP contribution in [-0.2, 0) is 26.2 Å². The zero-order chi connectivity index (χ0) is 24.0. The van der Waals surface area contributed by atoms with E-state index in [1.165, 1.54) is 5.56 Å². The Balaban J connectivity index is 0.000000399. The zero-order valence-electron chi connectivity index (χ0n) is 20.1. The van der Waals surface area contributed by atoms with Crippen LogP contribution in [-0.4, -0.2) is 0 Å². The topological polar surface area (TPSA) is 0 Å². The van der Waals surface area contributed by atoms with Crippen molar-refractivity contribution in [3.63, 3.8) is 0 Å². The van der Waals surface area contributed by atoms with Gasteiger partial charge in [-0.2, -0.15) is 79.9 Å². The van der Waals surface area contributed by atoms with Crippen LogP contribution in [0.2, 0.25) is 0 Å². The third kappa shape index (κ3) is 19.5. The molecule has 0 N–H and O–H groups in total. The van der Waals surface area contributed by atoms with Crippen LogP contribution in [0.25, 0.3) is 0 Å². The first-order valence-electron chi connectivity index (χ1n) is 10.9. The second-order valence-electron chi connectivity index (χ2n) is 7.11. The summed E-state index contributed by atoms with van der Waals surface area (Å²) in [5, 5.41) is 0. The molecule has 1 heteroatoms. The van der Waals surface area contributed by atoms with Crippen LogP contribution in [0.15, 0.2) is 140 Å². The quantitative estimate of drug-likeness (QED) is 0.203. The number of benzene rings is 4. The van der Waals surface area contributed by atoms with Crippen LogP contribution in [0.4, 0.5) is 0 Å². The van der Waals surface area contributed by atoms with Gasteiger partial charge in [-0.25, -0.2) is 12.2 Å².